The third-order valence-electron chi connectivity index (χ3n) is 4.24. The lowest BCUT2D eigenvalue weighted by molar-refractivity contribution is -0.0341. The monoisotopic (exact) mass is 181 g/mol. The van der Waals surface area contributed by atoms with Gasteiger partial charge in [-0.2, -0.15) is 0 Å². The Bertz CT molecular complexity index is 264. The molecule has 4 rings (SSSR count). The van der Waals surface area contributed by atoms with Crippen LogP contribution in [0.4, 0.5) is 0 Å². The highest BCUT2D eigenvalue weighted by molar-refractivity contribution is 5.90. The van der Waals surface area contributed by atoms with E-state index < -0.39 is 0 Å². The average Bonchev–Trinajstić information content (AvgIpc) is 2.13. The minimum atomic E-state index is -0.223. The third kappa shape index (κ3) is 0.909. The van der Waals surface area contributed by atoms with Gasteiger partial charge in [-0.3, -0.25) is 0 Å². The van der Waals surface area contributed by atoms with E-state index in [1.165, 1.54) is 12.8 Å². The zero-order valence-corrected chi connectivity index (χ0v) is 7.56. The van der Waals surface area contributed by atoms with Crippen molar-refractivity contribution in [1.82, 2.24) is 0 Å². The van der Waals surface area contributed by atoms with E-state index in [0.29, 0.717) is 11.8 Å². The molecule has 0 unspecified atom stereocenters. The van der Waals surface area contributed by atoms with Gasteiger partial charge in [0, 0.05) is 11.8 Å². The van der Waals surface area contributed by atoms with Gasteiger partial charge in [0.1, 0.15) is 0 Å². The van der Waals surface area contributed by atoms with Crippen molar-refractivity contribution in [3.63, 3.8) is 0 Å². The fraction of sp³-hybridized carbons (Fsp3) is 0.900. The van der Waals surface area contributed by atoms with Crippen molar-refractivity contribution in [3.8, 4) is 0 Å². The van der Waals surface area contributed by atoms with Crippen LogP contribution in [0, 0.1) is 23.7 Å². The van der Waals surface area contributed by atoms with Crippen LogP contribution in [0.2, 0.25) is 0 Å². The lowest BCUT2D eigenvalue weighted by atomic mass is 9.54. The van der Waals surface area contributed by atoms with Gasteiger partial charge in [0.05, 0.1) is 11.8 Å². The molecule has 0 radical (unpaired) electrons. The van der Waals surface area contributed by atoms with Crippen LogP contribution < -0.4 is 0 Å². The molecular formula is C10H15NO2. The van der Waals surface area contributed by atoms with Crippen LogP contribution in [0.5, 0.6) is 0 Å². The number of rotatable bonds is 0. The van der Waals surface area contributed by atoms with Crippen molar-refractivity contribution in [2.75, 3.05) is 0 Å². The number of aliphatic hydroxyl groups excluding tert-OH is 1. The van der Waals surface area contributed by atoms with Crippen LogP contribution in [0.1, 0.15) is 25.7 Å². The first-order valence-electron chi connectivity index (χ1n) is 5.19. The molecule has 0 aliphatic heterocycles. The van der Waals surface area contributed by atoms with Gasteiger partial charge in [0.25, 0.3) is 0 Å². The molecule has 4 aliphatic carbocycles. The molecule has 5 atom stereocenters. The van der Waals surface area contributed by atoms with E-state index in [0.717, 1.165) is 24.5 Å². The van der Waals surface area contributed by atoms with Gasteiger partial charge < -0.3 is 10.3 Å². The van der Waals surface area contributed by atoms with E-state index in [2.05, 4.69) is 5.16 Å². The highest BCUT2D eigenvalue weighted by Crippen LogP contribution is 2.52. The Labute approximate surface area is 77.4 Å². The number of aliphatic hydroxyl groups is 1. The fourth-order valence-electron chi connectivity index (χ4n) is 3.78. The summed E-state index contributed by atoms with van der Waals surface area (Å²) in [5.41, 5.74) is 0.889. The summed E-state index contributed by atoms with van der Waals surface area (Å²) in [6, 6.07) is 0. The molecule has 0 amide bonds. The molecule has 72 valence electrons. The molecule has 0 saturated heterocycles. The summed E-state index contributed by atoms with van der Waals surface area (Å²) in [6.45, 7) is 0. The first-order chi connectivity index (χ1) is 6.29. The number of nitrogens with zero attached hydrogens (tertiary/aromatic N) is 1. The summed E-state index contributed by atoms with van der Waals surface area (Å²) < 4.78 is 0. The van der Waals surface area contributed by atoms with Crippen molar-refractivity contribution in [3.05, 3.63) is 0 Å². The van der Waals surface area contributed by atoms with Gasteiger partial charge in [0.2, 0.25) is 0 Å². The smallest absolute Gasteiger partial charge is 0.0658 e. The van der Waals surface area contributed by atoms with Crippen molar-refractivity contribution in [1.29, 1.82) is 0 Å². The van der Waals surface area contributed by atoms with Crippen LogP contribution in [-0.2, 0) is 0 Å². The normalized spacial score (nSPS) is 56.1. The van der Waals surface area contributed by atoms with Gasteiger partial charge in [-0.25, -0.2) is 0 Å². The van der Waals surface area contributed by atoms with Crippen LogP contribution in [-0.4, -0.2) is 22.1 Å². The fourth-order valence-corrected chi connectivity index (χ4v) is 3.78. The van der Waals surface area contributed by atoms with Gasteiger partial charge in [-0.1, -0.05) is 5.16 Å². The van der Waals surface area contributed by atoms with Gasteiger partial charge in [-0.15, -0.1) is 0 Å². The summed E-state index contributed by atoms with van der Waals surface area (Å²) in [6.07, 6.45) is 4.27. The Morgan fingerprint density at radius 3 is 2.77 bits per heavy atom. The molecule has 4 bridgehead atoms. The Morgan fingerprint density at radius 2 is 2.00 bits per heavy atom. The topological polar surface area (TPSA) is 52.8 Å². The number of hydrogen-bond donors (Lipinski definition) is 2. The first-order valence-corrected chi connectivity index (χ1v) is 5.19. The SMILES string of the molecule is O/N=C1\[C@H]2C[C@@H]3C[C@H](C2)[C@H](O)[C@H]1C3. The van der Waals surface area contributed by atoms with Crippen molar-refractivity contribution >= 4 is 5.71 Å². The van der Waals surface area contributed by atoms with Gasteiger partial charge in [0.15, 0.2) is 0 Å². The van der Waals surface area contributed by atoms with E-state index in [4.69, 9.17) is 5.21 Å². The molecule has 0 aromatic carbocycles. The second-order valence-corrected chi connectivity index (χ2v) is 4.89. The second kappa shape index (κ2) is 2.47. The number of oxime groups is 1. The maximum atomic E-state index is 9.94. The molecule has 4 fully saturated rings. The molecule has 4 saturated carbocycles. The zero-order chi connectivity index (χ0) is 9.00. The van der Waals surface area contributed by atoms with Crippen molar-refractivity contribution in [2.45, 2.75) is 31.8 Å². The predicted molar refractivity (Wildman–Crippen MR) is 47.7 cm³/mol. The highest BCUT2D eigenvalue weighted by Gasteiger charge is 2.51. The van der Waals surface area contributed by atoms with E-state index in [1.807, 2.05) is 0 Å². The van der Waals surface area contributed by atoms with Crippen molar-refractivity contribution < 1.29 is 10.3 Å². The lowest BCUT2D eigenvalue weighted by Crippen LogP contribution is -2.53. The molecule has 0 aromatic heterocycles. The van der Waals surface area contributed by atoms with E-state index in [9.17, 15) is 5.11 Å². The van der Waals surface area contributed by atoms with Crippen LogP contribution in [0.25, 0.3) is 0 Å². The quantitative estimate of drug-likeness (QED) is 0.436. The summed E-state index contributed by atoms with van der Waals surface area (Å²) in [5.74, 6) is 1.95. The van der Waals surface area contributed by atoms with E-state index in [1.54, 1.807) is 0 Å². The summed E-state index contributed by atoms with van der Waals surface area (Å²) in [7, 11) is 0. The van der Waals surface area contributed by atoms with Gasteiger partial charge >= 0.3 is 0 Å². The third-order valence-corrected chi connectivity index (χ3v) is 4.24. The van der Waals surface area contributed by atoms with Crippen LogP contribution in [0.3, 0.4) is 0 Å². The Balaban J connectivity index is 1.98. The van der Waals surface area contributed by atoms with E-state index in [-0.39, 0.29) is 12.0 Å². The number of hydrogen-bond acceptors (Lipinski definition) is 3. The van der Waals surface area contributed by atoms with Crippen molar-refractivity contribution in [2.24, 2.45) is 28.8 Å². The minimum absolute atomic E-state index is 0.182. The molecule has 3 nitrogen and oxygen atoms in total. The van der Waals surface area contributed by atoms with E-state index >= 15 is 0 Å². The molecule has 0 spiro atoms. The minimum Gasteiger partial charge on any atom is -0.411 e. The largest absolute Gasteiger partial charge is 0.411 e. The zero-order valence-electron chi connectivity index (χ0n) is 7.56. The highest BCUT2D eigenvalue weighted by atomic mass is 16.4. The summed E-state index contributed by atoms with van der Waals surface area (Å²) in [4.78, 5) is 0. The molecule has 0 heterocycles. The Kier molecular flexibility index (Phi) is 1.48. The summed E-state index contributed by atoms with van der Waals surface area (Å²) in [5, 5.41) is 22.2. The maximum Gasteiger partial charge on any atom is 0.0658 e. The molecule has 4 aliphatic rings. The molecule has 13 heavy (non-hydrogen) atoms. The summed E-state index contributed by atoms with van der Waals surface area (Å²) >= 11 is 0. The lowest BCUT2D eigenvalue weighted by Gasteiger charge is -2.52. The van der Waals surface area contributed by atoms with Crippen LogP contribution >= 0.6 is 0 Å². The van der Waals surface area contributed by atoms with Gasteiger partial charge in [-0.05, 0) is 37.5 Å². The molecule has 3 heteroatoms. The van der Waals surface area contributed by atoms with Crippen LogP contribution in [0.15, 0.2) is 5.16 Å². The Morgan fingerprint density at radius 1 is 1.15 bits per heavy atom. The predicted octanol–water partition coefficient (Wildman–Crippen LogP) is 1.24. The first kappa shape index (κ1) is 7.80. The molecule has 2 N–H and O–H groups in total. The second-order valence-electron chi connectivity index (χ2n) is 4.89. The standard InChI is InChI=1S/C10H15NO2/c12-10-7-2-5-1-6(4-7)9(11-13)8(10)3-5/h5-8,10,12-13H,1-4H2/b11-9+/t5-,6+,7-,8+,10+/m1/s1. The molecule has 0 aromatic rings. The maximum absolute atomic E-state index is 9.94. The average molecular weight is 181 g/mol. The molecular weight excluding hydrogens is 166 g/mol. The Hall–Kier alpha value is -0.570.